The number of aromatic nitrogens is 1. The van der Waals surface area contributed by atoms with E-state index in [-0.39, 0.29) is 0 Å². The molecule has 0 fully saturated rings. The van der Waals surface area contributed by atoms with Gasteiger partial charge < -0.3 is 9.32 Å². The van der Waals surface area contributed by atoms with Gasteiger partial charge in [0, 0.05) is 28.5 Å². The average Bonchev–Trinajstić information content (AvgIpc) is 4.08. The van der Waals surface area contributed by atoms with Crippen LogP contribution in [0.3, 0.4) is 0 Å². The number of fused-ring (bicyclic) bond motifs is 7. The summed E-state index contributed by atoms with van der Waals surface area (Å²) in [6, 6.07) is 86.8. The van der Waals surface area contributed by atoms with Crippen LogP contribution in [0.25, 0.3) is 44.3 Å². The van der Waals surface area contributed by atoms with E-state index in [1.807, 2.05) is 24.5 Å². The molecule has 11 aromatic rings. The lowest BCUT2D eigenvalue weighted by Crippen LogP contribution is -2.29. The standard InChI is InChI=1S/C63H42N2O/c1-5-17-46(18-6-1)62(47-19-7-2-8-20-47)58-28-16-14-26-54(58)56-39-50(31-33-59(56)62)65(52-38-45(41-64-42-52)43-29-34-61-44(37-43)35-36-66-61)51-30-32-55-53-25-13-15-27-57(53)63(60(55)40-51,48-21-9-3-10-22-48)49-23-11-4-12-24-49/h1-42H. The number of rotatable bonds is 8. The van der Waals surface area contributed by atoms with Crippen molar-refractivity contribution in [3.63, 3.8) is 0 Å². The SMILES string of the molecule is c1ccc(C2(c3ccccc3)c3ccccc3-c3cc(N(c4cncc(-c5ccc6occc6c5)c4)c4ccc5c(c4)C(c4ccccc4)(c4ccccc4)c4ccccc4-5)ccc32)cc1. The number of pyridine rings is 1. The molecule has 0 amide bonds. The molecule has 0 radical (unpaired) electrons. The Kier molecular flexibility index (Phi) is 8.66. The fraction of sp³-hybridized carbons (Fsp3) is 0.0317. The predicted octanol–water partition coefficient (Wildman–Crippen LogP) is 15.7. The highest BCUT2D eigenvalue weighted by Crippen LogP contribution is 2.59. The van der Waals surface area contributed by atoms with Gasteiger partial charge in [0.25, 0.3) is 0 Å². The highest BCUT2D eigenvalue weighted by molar-refractivity contribution is 5.93. The molecule has 66 heavy (non-hydrogen) atoms. The number of furan rings is 1. The van der Waals surface area contributed by atoms with Crippen LogP contribution < -0.4 is 4.90 Å². The van der Waals surface area contributed by atoms with Crippen molar-refractivity contribution in [3.05, 3.63) is 300 Å². The molecule has 0 N–H and O–H groups in total. The van der Waals surface area contributed by atoms with Crippen molar-refractivity contribution in [1.82, 2.24) is 4.98 Å². The van der Waals surface area contributed by atoms with Crippen LogP contribution in [0.4, 0.5) is 17.1 Å². The van der Waals surface area contributed by atoms with E-state index in [0.717, 1.165) is 39.2 Å². The Morgan fingerprint density at radius 3 is 1.45 bits per heavy atom. The average molecular weight is 843 g/mol. The predicted molar refractivity (Wildman–Crippen MR) is 269 cm³/mol. The van der Waals surface area contributed by atoms with Crippen molar-refractivity contribution in [2.75, 3.05) is 4.90 Å². The van der Waals surface area contributed by atoms with Gasteiger partial charge in [-0.3, -0.25) is 4.98 Å². The zero-order chi connectivity index (χ0) is 43.7. The van der Waals surface area contributed by atoms with Crippen molar-refractivity contribution in [1.29, 1.82) is 0 Å². The quantitative estimate of drug-likeness (QED) is 0.153. The van der Waals surface area contributed by atoms with Crippen molar-refractivity contribution >= 4 is 28.0 Å². The zero-order valence-electron chi connectivity index (χ0n) is 36.1. The molecule has 2 aromatic heterocycles. The molecule has 9 aromatic carbocycles. The fourth-order valence-electron chi connectivity index (χ4n) is 11.4. The lowest BCUT2D eigenvalue weighted by atomic mass is 9.67. The van der Waals surface area contributed by atoms with Crippen molar-refractivity contribution in [2.45, 2.75) is 10.8 Å². The molecule has 310 valence electrons. The van der Waals surface area contributed by atoms with Gasteiger partial charge >= 0.3 is 0 Å². The van der Waals surface area contributed by atoms with Crippen molar-refractivity contribution in [3.8, 4) is 33.4 Å². The maximum absolute atomic E-state index is 5.74. The smallest absolute Gasteiger partial charge is 0.133 e. The zero-order valence-corrected chi connectivity index (χ0v) is 36.1. The van der Waals surface area contributed by atoms with Crippen LogP contribution in [-0.4, -0.2) is 4.98 Å². The number of nitrogens with zero attached hydrogens (tertiary/aromatic N) is 2. The van der Waals surface area contributed by atoms with Gasteiger partial charge in [0.1, 0.15) is 5.58 Å². The first kappa shape index (κ1) is 38.0. The summed E-state index contributed by atoms with van der Waals surface area (Å²) in [7, 11) is 0. The summed E-state index contributed by atoms with van der Waals surface area (Å²) in [5.74, 6) is 0. The highest BCUT2D eigenvalue weighted by atomic mass is 16.3. The highest BCUT2D eigenvalue weighted by Gasteiger charge is 2.48. The Labute approximate surface area is 384 Å². The summed E-state index contributed by atoms with van der Waals surface area (Å²) >= 11 is 0. The topological polar surface area (TPSA) is 29.3 Å². The Bertz CT molecular complexity index is 3520. The van der Waals surface area contributed by atoms with E-state index >= 15 is 0 Å². The van der Waals surface area contributed by atoms with Crippen LogP contribution in [0.1, 0.15) is 44.5 Å². The second-order valence-electron chi connectivity index (χ2n) is 17.5. The Morgan fingerprint density at radius 2 is 0.833 bits per heavy atom. The maximum atomic E-state index is 5.74. The first-order chi connectivity index (χ1) is 32.7. The van der Waals surface area contributed by atoms with E-state index in [2.05, 4.69) is 229 Å². The third kappa shape index (κ3) is 5.53. The molecule has 0 atom stereocenters. The first-order valence-corrected chi connectivity index (χ1v) is 22.7. The molecule has 0 spiro atoms. The molecule has 2 aliphatic rings. The van der Waals surface area contributed by atoms with Crippen LogP contribution in [0.15, 0.2) is 260 Å². The monoisotopic (exact) mass is 842 g/mol. The summed E-state index contributed by atoms with van der Waals surface area (Å²) in [5, 5.41) is 1.06. The van der Waals surface area contributed by atoms with Gasteiger partial charge in [-0.2, -0.15) is 0 Å². The second-order valence-corrected chi connectivity index (χ2v) is 17.5. The molecule has 3 heteroatoms. The Balaban J connectivity index is 1.07. The molecular weight excluding hydrogens is 801 g/mol. The minimum absolute atomic E-state index is 0.505. The van der Waals surface area contributed by atoms with Crippen LogP contribution in [-0.2, 0) is 10.8 Å². The lowest BCUT2D eigenvalue weighted by molar-refractivity contribution is 0.616. The third-order valence-corrected chi connectivity index (χ3v) is 14.2. The third-order valence-electron chi connectivity index (χ3n) is 14.2. The molecule has 0 saturated heterocycles. The molecule has 0 unspecified atom stereocenters. The van der Waals surface area contributed by atoms with Gasteiger partial charge in [0.2, 0.25) is 0 Å². The molecule has 13 rings (SSSR count). The van der Waals surface area contributed by atoms with Crippen LogP contribution in [0.5, 0.6) is 0 Å². The van der Waals surface area contributed by atoms with Gasteiger partial charge in [-0.1, -0.05) is 188 Å². The number of hydrogen-bond donors (Lipinski definition) is 0. The van der Waals surface area contributed by atoms with Gasteiger partial charge in [-0.25, -0.2) is 0 Å². The molecule has 0 bridgehead atoms. The van der Waals surface area contributed by atoms with Crippen LogP contribution in [0.2, 0.25) is 0 Å². The van der Waals surface area contributed by atoms with Gasteiger partial charge in [-0.15, -0.1) is 0 Å². The van der Waals surface area contributed by atoms with E-state index in [0.29, 0.717) is 0 Å². The van der Waals surface area contributed by atoms with Crippen molar-refractivity contribution in [2.24, 2.45) is 0 Å². The summed E-state index contributed by atoms with van der Waals surface area (Å²) in [6.45, 7) is 0. The minimum Gasteiger partial charge on any atom is -0.464 e. The van der Waals surface area contributed by atoms with Crippen LogP contribution >= 0.6 is 0 Å². The van der Waals surface area contributed by atoms with E-state index < -0.39 is 10.8 Å². The van der Waals surface area contributed by atoms with Gasteiger partial charge in [0.15, 0.2) is 0 Å². The Hall–Kier alpha value is -8.53. The number of anilines is 3. The number of hydrogen-bond acceptors (Lipinski definition) is 3. The summed E-state index contributed by atoms with van der Waals surface area (Å²) in [5.41, 5.74) is 19.9. The normalized spacial score (nSPS) is 13.7. The summed E-state index contributed by atoms with van der Waals surface area (Å²) in [6.07, 6.45) is 5.71. The summed E-state index contributed by atoms with van der Waals surface area (Å²) < 4.78 is 5.74. The second kappa shape index (κ2) is 15.0. The maximum Gasteiger partial charge on any atom is 0.133 e. The first-order valence-electron chi connectivity index (χ1n) is 22.7. The molecule has 2 heterocycles. The van der Waals surface area contributed by atoms with E-state index in [9.17, 15) is 0 Å². The molecule has 2 aliphatic carbocycles. The molecule has 0 aliphatic heterocycles. The Morgan fingerprint density at radius 1 is 0.333 bits per heavy atom. The van der Waals surface area contributed by atoms with E-state index in [1.54, 1.807) is 6.26 Å². The molecule has 3 nitrogen and oxygen atoms in total. The molecule has 0 saturated carbocycles. The van der Waals surface area contributed by atoms with Gasteiger partial charge in [-0.05, 0) is 121 Å². The lowest BCUT2D eigenvalue weighted by Gasteiger charge is -2.35. The minimum atomic E-state index is -0.557. The van der Waals surface area contributed by atoms with Gasteiger partial charge in [0.05, 0.1) is 29.0 Å². The van der Waals surface area contributed by atoms with Crippen LogP contribution in [0, 0.1) is 0 Å². The van der Waals surface area contributed by atoms with E-state index in [4.69, 9.17) is 9.40 Å². The molecular formula is C63H42N2O. The van der Waals surface area contributed by atoms with E-state index in [1.165, 1.54) is 66.8 Å². The summed E-state index contributed by atoms with van der Waals surface area (Å²) in [4.78, 5) is 7.38. The fourth-order valence-corrected chi connectivity index (χ4v) is 11.4. The largest absolute Gasteiger partial charge is 0.464 e. The van der Waals surface area contributed by atoms with Crippen molar-refractivity contribution < 1.29 is 4.42 Å². The number of benzene rings is 9.